The van der Waals surface area contributed by atoms with Crippen LogP contribution in [-0.4, -0.2) is 32.3 Å². The number of para-hydroxylation sites is 1. The second kappa shape index (κ2) is 5.57. The zero-order chi connectivity index (χ0) is 15.9. The number of nitrogens with one attached hydrogen (secondary N) is 1. The van der Waals surface area contributed by atoms with Crippen molar-refractivity contribution in [2.45, 2.75) is 31.7 Å². The summed E-state index contributed by atoms with van der Waals surface area (Å²) in [7, 11) is 1.60. The molecule has 5 heteroatoms. The number of furan rings is 1. The molecule has 5 nitrogen and oxygen atoms in total. The minimum Gasteiger partial charge on any atom is -0.493 e. The van der Waals surface area contributed by atoms with Crippen molar-refractivity contribution >= 4 is 16.9 Å². The quantitative estimate of drug-likeness (QED) is 0.945. The Hall–Kier alpha value is -2.01. The van der Waals surface area contributed by atoms with Crippen molar-refractivity contribution in [2.75, 3.05) is 20.3 Å². The number of fused-ring (bicyclic) bond motifs is 1. The molecule has 0 bridgehead atoms. The van der Waals surface area contributed by atoms with Crippen LogP contribution in [0.3, 0.4) is 0 Å². The molecular formula is C18H21NO4. The molecule has 1 aromatic heterocycles. The van der Waals surface area contributed by atoms with Crippen LogP contribution in [0.15, 0.2) is 28.7 Å². The summed E-state index contributed by atoms with van der Waals surface area (Å²) in [5, 5.41) is 4.04. The lowest BCUT2D eigenvalue weighted by Gasteiger charge is -2.51. The summed E-state index contributed by atoms with van der Waals surface area (Å²) < 4.78 is 16.5. The molecule has 2 fully saturated rings. The van der Waals surface area contributed by atoms with Crippen LogP contribution in [0, 0.1) is 5.41 Å². The van der Waals surface area contributed by atoms with E-state index in [1.807, 2.05) is 18.2 Å². The number of carbonyl (C=O) groups excluding carboxylic acids is 1. The normalized spacial score (nSPS) is 22.7. The van der Waals surface area contributed by atoms with Gasteiger partial charge in [-0.05, 0) is 43.2 Å². The van der Waals surface area contributed by atoms with Crippen LogP contribution < -0.4 is 10.1 Å². The molecular weight excluding hydrogens is 294 g/mol. The Balaban J connectivity index is 1.53. The van der Waals surface area contributed by atoms with Crippen LogP contribution in [0.4, 0.5) is 0 Å². The van der Waals surface area contributed by atoms with Crippen LogP contribution in [0.5, 0.6) is 5.75 Å². The topological polar surface area (TPSA) is 60.7 Å². The van der Waals surface area contributed by atoms with E-state index >= 15 is 0 Å². The molecule has 1 N–H and O–H groups in total. The maximum absolute atomic E-state index is 12.6. The van der Waals surface area contributed by atoms with Gasteiger partial charge in [0.25, 0.3) is 5.91 Å². The molecule has 1 amide bonds. The summed E-state index contributed by atoms with van der Waals surface area (Å²) in [4.78, 5) is 12.6. The Morgan fingerprint density at radius 1 is 1.30 bits per heavy atom. The summed E-state index contributed by atoms with van der Waals surface area (Å²) >= 11 is 0. The fourth-order valence-corrected chi connectivity index (χ4v) is 3.84. The molecule has 1 unspecified atom stereocenters. The second-order valence-corrected chi connectivity index (χ2v) is 6.53. The van der Waals surface area contributed by atoms with E-state index in [1.54, 1.807) is 13.2 Å². The number of amides is 1. The average Bonchev–Trinajstić information content (AvgIpc) is 3.03. The van der Waals surface area contributed by atoms with Crippen molar-refractivity contribution in [3.8, 4) is 5.75 Å². The first kappa shape index (κ1) is 14.6. The number of hydrogen-bond donors (Lipinski definition) is 1. The highest BCUT2D eigenvalue weighted by Crippen LogP contribution is 2.48. The van der Waals surface area contributed by atoms with E-state index in [0.717, 1.165) is 37.9 Å². The van der Waals surface area contributed by atoms with Crippen LogP contribution in [-0.2, 0) is 4.74 Å². The predicted molar refractivity (Wildman–Crippen MR) is 85.7 cm³/mol. The van der Waals surface area contributed by atoms with Gasteiger partial charge in [0.2, 0.25) is 0 Å². The van der Waals surface area contributed by atoms with E-state index in [2.05, 4.69) is 5.32 Å². The average molecular weight is 315 g/mol. The van der Waals surface area contributed by atoms with Crippen LogP contribution >= 0.6 is 0 Å². The molecule has 2 aliphatic rings. The standard InChI is InChI=1S/C18H21NO4/c1-21-13-4-2-3-12-11-14(23-16(12)13)17(20)19-15-5-6-18(15)7-9-22-10-8-18/h2-4,11,15H,5-10H2,1H3,(H,19,20). The van der Waals surface area contributed by atoms with Crippen LogP contribution in [0.2, 0.25) is 0 Å². The molecule has 122 valence electrons. The molecule has 1 aliphatic heterocycles. The monoisotopic (exact) mass is 315 g/mol. The lowest BCUT2D eigenvalue weighted by atomic mass is 9.60. The van der Waals surface area contributed by atoms with Crippen molar-refractivity contribution in [2.24, 2.45) is 5.41 Å². The summed E-state index contributed by atoms with van der Waals surface area (Å²) in [6.45, 7) is 1.60. The minimum absolute atomic E-state index is 0.140. The number of benzene rings is 1. The van der Waals surface area contributed by atoms with Crippen molar-refractivity contribution in [1.29, 1.82) is 0 Å². The number of carbonyl (C=O) groups is 1. The molecule has 1 saturated heterocycles. The van der Waals surface area contributed by atoms with Gasteiger partial charge in [0.1, 0.15) is 0 Å². The number of hydrogen-bond acceptors (Lipinski definition) is 4. The fraction of sp³-hybridized carbons (Fsp3) is 0.500. The number of rotatable bonds is 3. The summed E-state index contributed by atoms with van der Waals surface area (Å²) in [5.41, 5.74) is 0.854. The fourth-order valence-electron chi connectivity index (χ4n) is 3.84. The Kier molecular flexibility index (Phi) is 3.53. The van der Waals surface area contributed by atoms with E-state index in [0.29, 0.717) is 17.1 Å². The zero-order valence-corrected chi connectivity index (χ0v) is 13.3. The first-order chi connectivity index (χ1) is 11.2. The summed E-state index contributed by atoms with van der Waals surface area (Å²) in [6, 6.07) is 7.65. The first-order valence-corrected chi connectivity index (χ1v) is 8.17. The molecule has 4 rings (SSSR count). The van der Waals surface area contributed by atoms with Crippen LogP contribution in [0.25, 0.3) is 11.0 Å². The molecule has 1 saturated carbocycles. The largest absolute Gasteiger partial charge is 0.493 e. The van der Waals surface area contributed by atoms with Crippen molar-refractivity contribution in [3.63, 3.8) is 0 Å². The first-order valence-electron chi connectivity index (χ1n) is 8.17. The van der Waals surface area contributed by atoms with E-state index in [-0.39, 0.29) is 17.4 Å². The highest BCUT2D eigenvalue weighted by atomic mass is 16.5. The van der Waals surface area contributed by atoms with Crippen molar-refractivity contribution < 1.29 is 18.7 Å². The van der Waals surface area contributed by atoms with Gasteiger partial charge < -0.3 is 19.2 Å². The van der Waals surface area contributed by atoms with Gasteiger partial charge in [0.15, 0.2) is 17.1 Å². The molecule has 1 spiro atoms. The Morgan fingerprint density at radius 2 is 2.13 bits per heavy atom. The van der Waals surface area contributed by atoms with Gasteiger partial charge in [0, 0.05) is 24.6 Å². The third-order valence-corrected chi connectivity index (χ3v) is 5.42. The van der Waals surface area contributed by atoms with E-state index in [4.69, 9.17) is 13.9 Å². The zero-order valence-electron chi connectivity index (χ0n) is 13.3. The highest BCUT2D eigenvalue weighted by Gasteiger charge is 2.48. The third kappa shape index (κ3) is 2.39. The van der Waals surface area contributed by atoms with E-state index in [1.165, 1.54) is 6.42 Å². The highest BCUT2D eigenvalue weighted by molar-refractivity contribution is 5.97. The second-order valence-electron chi connectivity index (χ2n) is 6.53. The molecule has 1 aliphatic carbocycles. The van der Waals surface area contributed by atoms with Gasteiger partial charge in [-0.3, -0.25) is 4.79 Å². The Labute approximate surface area is 134 Å². The molecule has 2 heterocycles. The minimum atomic E-state index is -0.140. The molecule has 2 aromatic rings. The summed E-state index contributed by atoms with van der Waals surface area (Å²) in [6.07, 6.45) is 4.28. The van der Waals surface area contributed by atoms with Gasteiger partial charge in [-0.25, -0.2) is 0 Å². The Bertz CT molecular complexity index is 730. The summed E-state index contributed by atoms with van der Waals surface area (Å²) in [5.74, 6) is 0.850. The van der Waals surface area contributed by atoms with E-state index < -0.39 is 0 Å². The van der Waals surface area contributed by atoms with Gasteiger partial charge in [0.05, 0.1) is 7.11 Å². The van der Waals surface area contributed by atoms with Crippen molar-refractivity contribution in [3.05, 3.63) is 30.0 Å². The third-order valence-electron chi connectivity index (χ3n) is 5.42. The van der Waals surface area contributed by atoms with Gasteiger partial charge in [-0.15, -0.1) is 0 Å². The lowest BCUT2D eigenvalue weighted by Crippen LogP contribution is -2.57. The number of methoxy groups -OCH3 is 1. The SMILES string of the molecule is COc1cccc2cc(C(=O)NC3CCC34CCOCC4)oc12. The smallest absolute Gasteiger partial charge is 0.287 e. The predicted octanol–water partition coefficient (Wildman–Crippen LogP) is 3.13. The Morgan fingerprint density at radius 3 is 2.83 bits per heavy atom. The number of ether oxygens (including phenoxy) is 2. The molecule has 0 radical (unpaired) electrons. The lowest BCUT2D eigenvalue weighted by molar-refractivity contribution is -0.0524. The van der Waals surface area contributed by atoms with Crippen molar-refractivity contribution in [1.82, 2.24) is 5.32 Å². The van der Waals surface area contributed by atoms with Gasteiger partial charge in [-0.1, -0.05) is 12.1 Å². The van der Waals surface area contributed by atoms with Gasteiger partial charge in [-0.2, -0.15) is 0 Å². The maximum atomic E-state index is 12.6. The van der Waals surface area contributed by atoms with E-state index in [9.17, 15) is 4.79 Å². The molecule has 1 aromatic carbocycles. The molecule has 1 atom stereocenters. The molecule has 23 heavy (non-hydrogen) atoms. The maximum Gasteiger partial charge on any atom is 0.287 e. The van der Waals surface area contributed by atoms with Crippen LogP contribution in [0.1, 0.15) is 36.2 Å². The van der Waals surface area contributed by atoms with Gasteiger partial charge >= 0.3 is 0 Å².